The van der Waals surface area contributed by atoms with Gasteiger partial charge in [0.2, 0.25) is 0 Å². The van der Waals surface area contributed by atoms with Gasteiger partial charge in [-0.2, -0.15) is 0 Å². The molecule has 0 bridgehead atoms. The maximum atomic E-state index is 11.7. The molecule has 0 fully saturated rings. The van der Waals surface area contributed by atoms with E-state index in [0.29, 0.717) is 13.2 Å². The van der Waals surface area contributed by atoms with Crippen molar-refractivity contribution in [1.82, 2.24) is 5.32 Å². The Kier molecular flexibility index (Phi) is 6.22. The SMILES string of the molecule is CCOC(=O)C(CN(CC)c1ccccc1)NC. The van der Waals surface area contributed by atoms with Crippen LogP contribution < -0.4 is 10.2 Å². The number of anilines is 1. The standard InChI is InChI=1S/C14H22N2O2/c1-4-16(12-9-7-6-8-10-12)11-13(15-3)14(17)18-5-2/h6-10,13,15H,4-5,11H2,1-3H3. The minimum Gasteiger partial charge on any atom is -0.465 e. The smallest absolute Gasteiger partial charge is 0.324 e. The number of hydrogen-bond donors (Lipinski definition) is 1. The number of para-hydroxylation sites is 1. The van der Waals surface area contributed by atoms with Gasteiger partial charge in [0.15, 0.2) is 0 Å². The molecule has 0 aliphatic carbocycles. The Bertz CT molecular complexity index is 354. The van der Waals surface area contributed by atoms with E-state index in [9.17, 15) is 4.79 Å². The predicted molar refractivity (Wildman–Crippen MR) is 73.8 cm³/mol. The van der Waals surface area contributed by atoms with Gasteiger partial charge in [-0.25, -0.2) is 0 Å². The van der Waals surface area contributed by atoms with E-state index in [-0.39, 0.29) is 12.0 Å². The average Bonchev–Trinajstić information content (AvgIpc) is 2.41. The summed E-state index contributed by atoms with van der Waals surface area (Å²) in [5.41, 5.74) is 1.12. The lowest BCUT2D eigenvalue weighted by atomic mass is 10.2. The molecule has 1 atom stereocenters. The van der Waals surface area contributed by atoms with Crippen LogP contribution in [0.25, 0.3) is 0 Å². The van der Waals surface area contributed by atoms with Gasteiger partial charge in [0.1, 0.15) is 6.04 Å². The van der Waals surface area contributed by atoms with Crippen molar-refractivity contribution >= 4 is 11.7 Å². The van der Waals surface area contributed by atoms with E-state index < -0.39 is 0 Å². The van der Waals surface area contributed by atoms with Gasteiger partial charge in [0.25, 0.3) is 0 Å². The minimum absolute atomic E-state index is 0.200. The number of esters is 1. The van der Waals surface area contributed by atoms with Crippen LogP contribution in [0.15, 0.2) is 30.3 Å². The molecule has 1 N–H and O–H groups in total. The molecule has 0 heterocycles. The monoisotopic (exact) mass is 250 g/mol. The van der Waals surface area contributed by atoms with E-state index in [4.69, 9.17) is 4.74 Å². The molecule has 0 saturated heterocycles. The highest BCUT2D eigenvalue weighted by Crippen LogP contribution is 2.13. The van der Waals surface area contributed by atoms with Crippen molar-refractivity contribution in [1.29, 1.82) is 0 Å². The van der Waals surface area contributed by atoms with E-state index in [2.05, 4.69) is 17.1 Å². The number of nitrogens with one attached hydrogen (secondary N) is 1. The predicted octanol–water partition coefficient (Wildman–Crippen LogP) is 1.66. The summed E-state index contributed by atoms with van der Waals surface area (Å²) in [5.74, 6) is -0.200. The first-order valence-corrected chi connectivity index (χ1v) is 6.36. The van der Waals surface area contributed by atoms with Crippen LogP contribution >= 0.6 is 0 Å². The van der Waals surface area contributed by atoms with Crippen LogP contribution in [0.3, 0.4) is 0 Å². The van der Waals surface area contributed by atoms with Gasteiger partial charge < -0.3 is 15.0 Å². The topological polar surface area (TPSA) is 41.6 Å². The molecule has 100 valence electrons. The largest absolute Gasteiger partial charge is 0.465 e. The lowest BCUT2D eigenvalue weighted by Crippen LogP contribution is -2.45. The molecule has 0 aliphatic heterocycles. The summed E-state index contributed by atoms with van der Waals surface area (Å²) in [6.45, 7) is 5.76. The highest BCUT2D eigenvalue weighted by Gasteiger charge is 2.20. The maximum Gasteiger partial charge on any atom is 0.324 e. The lowest BCUT2D eigenvalue weighted by molar-refractivity contribution is -0.145. The normalized spacial score (nSPS) is 11.9. The van der Waals surface area contributed by atoms with E-state index >= 15 is 0 Å². The minimum atomic E-state index is -0.301. The summed E-state index contributed by atoms with van der Waals surface area (Å²) in [6.07, 6.45) is 0. The second kappa shape index (κ2) is 7.71. The van der Waals surface area contributed by atoms with Crippen LogP contribution in [-0.4, -0.2) is 38.8 Å². The van der Waals surface area contributed by atoms with Gasteiger partial charge in [-0.1, -0.05) is 18.2 Å². The third-order valence-electron chi connectivity index (χ3n) is 2.83. The molecule has 4 nitrogen and oxygen atoms in total. The van der Waals surface area contributed by atoms with Gasteiger partial charge in [0, 0.05) is 18.8 Å². The Morgan fingerprint density at radius 2 is 2.00 bits per heavy atom. The maximum absolute atomic E-state index is 11.7. The fraction of sp³-hybridized carbons (Fsp3) is 0.500. The van der Waals surface area contributed by atoms with Crippen LogP contribution in [0, 0.1) is 0 Å². The van der Waals surface area contributed by atoms with Crippen LogP contribution in [0.2, 0.25) is 0 Å². The Morgan fingerprint density at radius 1 is 1.33 bits per heavy atom. The number of carbonyl (C=O) groups excluding carboxylic acids is 1. The van der Waals surface area contributed by atoms with Crippen molar-refractivity contribution in [3.63, 3.8) is 0 Å². The van der Waals surface area contributed by atoms with Crippen LogP contribution in [0.4, 0.5) is 5.69 Å². The zero-order valence-electron chi connectivity index (χ0n) is 11.3. The first-order chi connectivity index (χ1) is 8.72. The molecule has 18 heavy (non-hydrogen) atoms. The summed E-state index contributed by atoms with van der Waals surface area (Å²) in [5, 5.41) is 3.00. The molecule has 0 saturated carbocycles. The number of carbonyl (C=O) groups is 1. The Morgan fingerprint density at radius 3 is 2.50 bits per heavy atom. The molecule has 0 aliphatic rings. The number of likely N-dealkylation sites (N-methyl/N-ethyl adjacent to an activating group) is 2. The number of ether oxygens (including phenoxy) is 1. The Balaban J connectivity index is 2.69. The summed E-state index contributed by atoms with van der Waals surface area (Å²) in [7, 11) is 1.78. The lowest BCUT2D eigenvalue weighted by Gasteiger charge is -2.27. The zero-order chi connectivity index (χ0) is 13.4. The van der Waals surface area contributed by atoms with Crippen molar-refractivity contribution in [3.05, 3.63) is 30.3 Å². The van der Waals surface area contributed by atoms with Crippen LogP contribution in [0.5, 0.6) is 0 Å². The van der Waals surface area contributed by atoms with Crippen molar-refractivity contribution in [2.45, 2.75) is 19.9 Å². The van der Waals surface area contributed by atoms with Crippen molar-refractivity contribution in [2.75, 3.05) is 31.6 Å². The van der Waals surface area contributed by atoms with Crippen molar-refractivity contribution in [3.8, 4) is 0 Å². The molecular formula is C14H22N2O2. The summed E-state index contributed by atoms with van der Waals surface area (Å²) in [4.78, 5) is 13.9. The number of rotatable bonds is 7. The molecule has 1 rings (SSSR count). The van der Waals surface area contributed by atoms with Crippen molar-refractivity contribution < 1.29 is 9.53 Å². The third kappa shape index (κ3) is 4.04. The van der Waals surface area contributed by atoms with E-state index in [1.165, 1.54) is 0 Å². The molecule has 1 unspecified atom stereocenters. The van der Waals surface area contributed by atoms with Gasteiger partial charge in [-0.05, 0) is 33.0 Å². The van der Waals surface area contributed by atoms with Gasteiger partial charge in [-0.3, -0.25) is 4.79 Å². The fourth-order valence-electron chi connectivity index (χ4n) is 1.80. The second-order valence-corrected chi connectivity index (χ2v) is 3.97. The van der Waals surface area contributed by atoms with E-state index in [0.717, 1.165) is 12.2 Å². The van der Waals surface area contributed by atoms with Gasteiger partial charge in [0.05, 0.1) is 6.61 Å². The molecule has 4 heteroatoms. The molecule has 0 radical (unpaired) electrons. The molecular weight excluding hydrogens is 228 g/mol. The number of hydrogen-bond acceptors (Lipinski definition) is 4. The number of benzene rings is 1. The average molecular weight is 250 g/mol. The molecule has 1 aromatic rings. The van der Waals surface area contributed by atoms with E-state index in [1.807, 2.05) is 37.3 Å². The molecule has 0 spiro atoms. The summed E-state index contributed by atoms with van der Waals surface area (Å²) >= 11 is 0. The highest BCUT2D eigenvalue weighted by molar-refractivity contribution is 5.76. The van der Waals surface area contributed by atoms with Crippen molar-refractivity contribution in [2.24, 2.45) is 0 Å². The highest BCUT2D eigenvalue weighted by atomic mass is 16.5. The fourth-order valence-corrected chi connectivity index (χ4v) is 1.80. The first kappa shape index (κ1) is 14.5. The van der Waals surface area contributed by atoms with Crippen LogP contribution in [-0.2, 0) is 9.53 Å². The van der Waals surface area contributed by atoms with E-state index in [1.54, 1.807) is 7.05 Å². The molecule has 0 aromatic heterocycles. The quantitative estimate of drug-likeness (QED) is 0.747. The summed E-state index contributed by atoms with van der Waals surface area (Å²) < 4.78 is 5.05. The molecule has 1 aromatic carbocycles. The van der Waals surface area contributed by atoms with Gasteiger partial charge in [-0.15, -0.1) is 0 Å². The summed E-state index contributed by atoms with van der Waals surface area (Å²) in [6, 6.07) is 9.76. The Hall–Kier alpha value is -1.55. The Labute approximate surface area is 109 Å². The second-order valence-electron chi connectivity index (χ2n) is 3.97. The third-order valence-corrected chi connectivity index (χ3v) is 2.83. The van der Waals surface area contributed by atoms with Gasteiger partial charge >= 0.3 is 5.97 Å². The number of nitrogens with zero attached hydrogens (tertiary/aromatic N) is 1. The van der Waals surface area contributed by atoms with Crippen LogP contribution in [0.1, 0.15) is 13.8 Å². The first-order valence-electron chi connectivity index (χ1n) is 6.36. The molecule has 0 amide bonds. The zero-order valence-corrected chi connectivity index (χ0v) is 11.3.